The summed E-state index contributed by atoms with van der Waals surface area (Å²) < 4.78 is 29.0. The second kappa shape index (κ2) is 8.02. The first-order chi connectivity index (χ1) is 13.2. The van der Waals surface area contributed by atoms with E-state index in [2.05, 4.69) is 5.10 Å². The van der Waals surface area contributed by atoms with Crippen LogP contribution in [0, 0.1) is 13.8 Å². The number of piperazine rings is 1. The first-order valence-electron chi connectivity index (χ1n) is 9.26. The highest BCUT2D eigenvalue weighted by Gasteiger charge is 2.32. The van der Waals surface area contributed by atoms with Crippen molar-refractivity contribution in [3.63, 3.8) is 0 Å². The van der Waals surface area contributed by atoms with Crippen molar-refractivity contribution in [2.75, 3.05) is 40.3 Å². The molecule has 0 N–H and O–H groups in total. The van der Waals surface area contributed by atoms with E-state index >= 15 is 0 Å². The average molecular weight is 406 g/mol. The lowest BCUT2D eigenvalue weighted by Gasteiger charge is -2.35. The van der Waals surface area contributed by atoms with Gasteiger partial charge in [-0.1, -0.05) is 30.3 Å². The molecule has 0 saturated carbocycles. The van der Waals surface area contributed by atoms with Crippen LogP contribution in [0.4, 0.5) is 0 Å². The summed E-state index contributed by atoms with van der Waals surface area (Å²) in [5.74, 6) is -0.0868. The number of hydrogen-bond acceptors (Lipinski definition) is 4. The van der Waals surface area contributed by atoms with Crippen molar-refractivity contribution in [3.8, 4) is 0 Å². The van der Waals surface area contributed by atoms with Crippen molar-refractivity contribution in [2.24, 2.45) is 0 Å². The van der Waals surface area contributed by atoms with Gasteiger partial charge in [-0.15, -0.1) is 0 Å². The molecule has 1 amide bonds. The van der Waals surface area contributed by atoms with E-state index in [1.807, 2.05) is 48.9 Å². The fraction of sp³-hybridized carbons (Fsp3) is 0.474. The maximum absolute atomic E-state index is 13.1. The minimum absolute atomic E-state index is 0.0868. The van der Waals surface area contributed by atoms with Gasteiger partial charge in [0.2, 0.25) is 0 Å². The molecule has 0 atom stereocenters. The van der Waals surface area contributed by atoms with Crippen LogP contribution in [0.3, 0.4) is 0 Å². The Balaban J connectivity index is 1.74. The van der Waals surface area contributed by atoms with Gasteiger partial charge in [0.25, 0.3) is 16.1 Å². The zero-order chi connectivity index (χ0) is 20.5. The molecule has 0 radical (unpaired) electrons. The summed E-state index contributed by atoms with van der Waals surface area (Å²) in [6.45, 7) is 5.68. The largest absolute Gasteiger partial charge is 0.336 e. The van der Waals surface area contributed by atoms with Crippen molar-refractivity contribution in [2.45, 2.75) is 20.4 Å². The van der Waals surface area contributed by atoms with Gasteiger partial charge in [-0.3, -0.25) is 9.48 Å². The zero-order valence-corrected chi connectivity index (χ0v) is 17.6. The van der Waals surface area contributed by atoms with Gasteiger partial charge in [-0.05, 0) is 19.4 Å². The Labute approximate surface area is 166 Å². The second-order valence-electron chi connectivity index (χ2n) is 7.17. The van der Waals surface area contributed by atoms with Crippen molar-refractivity contribution in [3.05, 3.63) is 52.8 Å². The highest BCUT2D eigenvalue weighted by molar-refractivity contribution is 7.86. The van der Waals surface area contributed by atoms with E-state index in [0.29, 0.717) is 44.0 Å². The lowest BCUT2D eigenvalue weighted by Crippen LogP contribution is -2.53. The first kappa shape index (κ1) is 20.5. The van der Waals surface area contributed by atoms with Crippen LogP contribution >= 0.6 is 0 Å². The first-order valence-corrected chi connectivity index (χ1v) is 10.7. The van der Waals surface area contributed by atoms with E-state index in [1.54, 1.807) is 4.90 Å². The molecule has 152 valence electrons. The summed E-state index contributed by atoms with van der Waals surface area (Å²) >= 11 is 0. The topological polar surface area (TPSA) is 78.8 Å². The SMILES string of the molecule is Cc1nn(Cc2ccccc2)c(C)c1C(=O)N1CCN(S(=O)(=O)N(C)C)CC1. The number of carbonyl (C=O) groups is 1. The molecule has 28 heavy (non-hydrogen) atoms. The molecule has 1 saturated heterocycles. The fourth-order valence-electron chi connectivity index (χ4n) is 3.43. The summed E-state index contributed by atoms with van der Waals surface area (Å²) in [6.07, 6.45) is 0. The van der Waals surface area contributed by atoms with Gasteiger partial charge in [0.1, 0.15) is 0 Å². The van der Waals surface area contributed by atoms with Crippen LogP contribution in [-0.4, -0.2) is 77.9 Å². The van der Waals surface area contributed by atoms with Crippen LogP contribution < -0.4 is 0 Å². The normalized spacial score (nSPS) is 16.0. The van der Waals surface area contributed by atoms with Crippen LogP contribution in [0.25, 0.3) is 0 Å². The molecule has 9 heteroatoms. The van der Waals surface area contributed by atoms with Crippen molar-refractivity contribution >= 4 is 16.1 Å². The number of rotatable bonds is 5. The van der Waals surface area contributed by atoms with Crippen LogP contribution in [-0.2, 0) is 16.8 Å². The maximum atomic E-state index is 13.1. The number of hydrogen-bond donors (Lipinski definition) is 0. The number of amides is 1. The summed E-state index contributed by atoms with van der Waals surface area (Å²) in [6, 6.07) is 9.99. The molecular weight excluding hydrogens is 378 g/mol. The molecule has 2 heterocycles. The third-order valence-electron chi connectivity index (χ3n) is 5.08. The Kier molecular flexibility index (Phi) is 5.87. The molecule has 0 unspecified atom stereocenters. The van der Waals surface area contributed by atoms with Gasteiger partial charge in [-0.2, -0.15) is 22.1 Å². The highest BCUT2D eigenvalue weighted by atomic mass is 32.2. The minimum Gasteiger partial charge on any atom is -0.336 e. The van der Waals surface area contributed by atoms with E-state index in [0.717, 1.165) is 11.3 Å². The number of aromatic nitrogens is 2. The van der Waals surface area contributed by atoms with E-state index in [9.17, 15) is 13.2 Å². The highest BCUT2D eigenvalue weighted by Crippen LogP contribution is 2.19. The van der Waals surface area contributed by atoms with Crippen molar-refractivity contribution in [1.82, 2.24) is 23.3 Å². The van der Waals surface area contributed by atoms with Gasteiger partial charge >= 0.3 is 0 Å². The van der Waals surface area contributed by atoms with Crippen LogP contribution in [0.2, 0.25) is 0 Å². The predicted octanol–water partition coefficient (Wildman–Crippen LogP) is 1.11. The lowest BCUT2D eigenvalue weighted by atomic mass is 10.1. The van der Waals surface area contributed by atoms with Gasteiger partial charge in [0.15, 0.2) is 0 Å². The van der Waals surface area contributed by atoms with Crippen molar-refractivity contribution < 1.29 is 13.2 Å². The van der Waals surface area contributed by atoms with Gasteiger partial charge < -0.3 is 4.90 Å². The predicted molar refractivity (Wildman–Crippen MR) is 107 cm³/mol. The molecule has 8 nitrogen and oxygen atoms in total. The molecule has 1 aliphatic rings. The third kappa shape index (κ3) is 3.96. The molecule has 3 rings (SSSR count). The van der Waals surface area contributed by atoms with Gasteiger partial charge in [0, 0.05) is 46.0 Å². The Morgan fingerprint density at radius 1 is 1.07 bits per heavy atom. The van der Waals surface area contributed by atoms with Crippen molar-refractivity contribution in [1.29, 1.82) is 0 Å². The molecule has 2 aromatic rings. The van der Waals surface area contributed by atoms with E-state index in [1.165, 1.54) is 22.7 Å². The summed E-state index contributed by atoms with van der Waals surface area (Å²) in [5, 5.41) is 4.55. The van der Waals surface area contributed by atoms with Gasteiger partial charge in [0.05, 0.1) is 17.8 Å². The van der Waals surface area contributed by atoms with Crippen LogP contribution in [0.5, 0.6) is 0 Å². The Morgan fingerprint density at radius 3 is 2.25 bits per heavy atom. The second-order valence-corrected chi connectivity index (χ2v) is 9.31. The van der Waals surface area contributed by atoms with E-state index in [-0.39, 0.29) is 5.91 Å². The quantitative estimate of drug-likeness (QED) is 0.747. The molecule has 0 bridgehead atoms. The minimum atomic E-state index is -3.45. The van der Waals surface area contributed by atoms with Gasteiger partial charge in [-0.25, -0.2) is 0 Å². The Bertz CT molecular complexity index is 945. The number of carbonyl (C=O) groups excluding carboxylic acids is 1. The summed E-state index contributed by atoms with van der Waals surface area (Å²) in [5.41, 5.74) is 3.26. The molecule has 0 spiro atoms. The monoisotopic (exact) mass is 405 g/mol. The Morgan fingerprint density at radius 2 is 1.68 bits per heavy atom. The zero-order valence-electron chi connectivity index (χ0n) is 16.8. The molecule has 1 aromatic carbocycles. The molecule has 0 aliphatic carbocycles. The van der Waals surface area contributed by atoms with Crippen LogP contribution in [0.15, 0.2) is 30.3 Å². The molecule has 1 aliphatic heterocycles. The Hall–Kier alpha value is -2.23. The fourth-order valence-corrected chi connectivity index (χ4v) is 4.51. The number of nitrogens with zero attached hydrogens (tertiary/aromatic N) is 5. The number of benzene rings is 1. The summed E-state index contributed by atoms with van der Waals surface area (Å²) in [7, 11) is -0.419. The average Bonchev–Trinajstić information content (AvgIpc) is 2.95. The smallest absolute Gasteiger partial charge is 0.281 e. The summed E-state index contributed by atoms with van der Waals surface area (Å²) in [4.78, 5) is 14.8. The molecule has 1 aromatic heterocycles. The van der Waals surface area contributed by atoms with E-state index < -0.39 is 10.2 Å². The number of aryl methyl sites for hydroxylation is 1. The molecule has 1 fully saturated rings. The lowest BCUT2D eigenvalue weighted by molar-refractivity contribution is 0.0693. The third-order valence-corrected chi connectivity index (χ3v) is 7.02. The van der Waals surface area contributed by atoms with E-state index in [4.69, 9.17) is 0 Å². The standard InChI is InChI=1S/C19H27N5O3S/c1-15-18(16(2)24(20-15)14-17-8-6-5-7-9-17)19(25)22-10-12-23(13-11-22)28(26,27)21(3)4/h5-9H,10-14H2,1-4H3. The molecular formula is C19H27N5O3S. The maximum Gasteiger partial charge on any atom is 0.281 e. The van der Waals surface area contributed by atoms with Crippen LogP contribution in [0.1, 0.15) is 27.3 Å².